The monoisotopic (exact) mass is 230 g/mol. The van der Waals surface area contributed by atoms with Gasteiger partial charge in [0.15, 0.2) is 0 Å². The van der Waals surface area contributed by atoms with Crippen molar-refractivity contribution in [1.29, 1.82) is 0 Å². The molecule has 0 aromatic heterocycles. The van der Waals surface area contributed by atoms with Gasteiger partial charge in [-0.15, -0.1) is 0 Å². The predicted octanol–water partition coefficient (Wildman–Crippen LogP) is 0.456. The van der Waals surface area contributed by atoms with Crippen LogP contribution >= 0.6 is 0 Å². The molecule has 1 fully saturated rings. The highest BCUT2D eigenvalue weighted by atomic mass is 16.5. The zero-order valence-electron chi connectivity index (χ0n) is 10.8. The Labute approximate surface area is 99.0 Å². The van der Waals surface area contributed by atoms with E-state index in [4.69, 9.17) is 4.74 Å². The fraction of sp³-hybridized carbons (Fsp3) is 1.00. The van der Waals surface area contributed by atoms with Gasteiger partial charge in [-0.25, -0.2) is 0 Å². The molecule has 1 saturated heterocycles. The van der Waals surface area contributed by atoms with Crippen LogP contribution in [0, 0.1) is 0 Å². The Morgan fingerprint density at radius 2 is 2.25 bits per heavy atom. The van der Waals surface area contributed by atoms with Gasteiger partial charge in [-0.05, 0) is 19.4 Å². The van der Waals surface area contributed by atoms with Crippen molar-refractivity contribution in [3.63, 3.8) is 0 Å². The van der Waals surface area contributed by atoms with Crippen molar-refractivity contribution in [3.05, 3.63) is 0 Å². The van der Waals surface area contributed by atoms with Crippen LogP contribution in [-0.2, 0) is 4.74 Å². The van der Waals surface area contributed by atoms with Crippen molar-refractivity contribution < 1.29 is 9.84 Å². The molecule has 2 unspecified atom stereocenters. The lowest BCUT2D eigenvalue weighted by molar-refractivity contribution is 0.0130. The molecule has 4 heteroatoms. The van der Waals surface area contributed by atoms with Crippen LogP contribution in [0.1, 0.15) is 26.7 Å². The SMILES string of the molecule is COC1CCCN(CC(O)CNC(C)C)C1. The maximum absolute atomic E-state index is 9.86. The Kier molecular flexibility index (Phi) is 6.28. The van der Waals surface area contributed by atoms with Crippen molar-refractivity contribution in [1.82, 2.24) is 10.2 Å². The number of aliphatic hydroxyl groups is 1. The zero-order chi connectivity index (χ0) is 12.0. The molecule has 0 aromatic rings. The summed E-state index contributed by atoms with van der Waals surface area (Å²) in [5.41, 5.74) is 0. The number of rotatable bonds is 6. The molecule has 2 N–H and O–H groups in total. The van der Waals surface area contributed by atoms with Gasteiger partial charge >= 0.3 is 0 Å². The van der Waals surface area contributed by atoms with E-state index >= 15 is 0 Å². The molecule has 0 radical (unpaired) electrons. The zero-order valence-corrected chi connectivity index (χ0v) is 10.8. The highest BCUT2D eigenvalue weighted by Crippen LogP contribution is 2.12. The molecule has 1 aliphatic rings. The first-order valence-corrected chi connectivity index (χ1v) is 6.28. The van der Waals surface area contributed by atoms with Gasteiger partial charge in [0.2, 0.25) is 0 Å². The minimum Gasteiger partial charge on any atom is -0.390 e. The fourth-order valence-electron chi connectivity index (χ4n) is 2.11. The smallest absolute Gasteiger partial charge is 0.0791 e. The molecule has 16 heavy (non-hydrogen) atoms. The van der Waals surface area contributed by atoms with Crippen molar-refractivity contribution in [2.45, 2.75) is 44.9 Å². The second kappa shape index (κ2) is 7.22. The lowest BCUT2D eigenvalue weighted by Crippen LogP contribution is -2.45. The number of β-amino-alcohol motifs (C(OH)–C–C–N with tert-alkyl or cyclic N) is 1. The van der Waals surface area contributed by atoms with E-state index in [-0.39, 0.29) is 6.10 Å². The molecule has 0 bridgehead atoms. The lowest BCUT2D eigenvalue weighted by Gasteiger charge is -2.33. The Bertz CT molecular complexity index is 188. The number of nitrogens with one attached hydrogen (secondary N) is 1. The second-order valence-electron chi connectivity index (χ2n) is 4.98. The molecular formula is C12H26N2O2. The van der Waals surface area contributed by atoms with Gasteiger partial charge in [0.1, 0.15) is 0 Å². The van der Waals surface area contributed by atoms with Crippen molar-refractivity contribution >= 4 is 0 Å². The number of hydrogen-bond donors (Lipinski definition) is 2. The first-order valence-electron chi connectivity index (χ1n) is 6.28. The van der Waals surface area contributed by atoms with Crippen molar-refractivity contribution in [2.24, 2.45) is 0 Å². The summed E-state index contributed by atoms with van der Waals surface area (Å²) >= 11 is 0. The number of nitrogens with zero attached hydrogens (tertiary/aromatic N) is 1. The van der Waals surface area contributed by atoms with Gasteiger partial charge < -0.3 is 15.2 Å². The van der Waals surface area contributed by atoms with E-state index in [9.17, 15) is 5.11 Å². The minimum atomic E-state index is -0.280. The van der Waals surface area contributed by atoms with Gasteiger partial charge in [0, 0.05) is 32.8 Å². The molecule has 0 saturated carbocycles. The van der Waals surface area contributed by atoms with E-state index in [2.05, 4.69) is 24.1 Å². The highest BCUT2D eigenvalue weighted by Gasteiger charge is 2.21. The van der Waals surface area contributed by atoms with Gasteiger partial charge in [-0.1, -0.05) is 13.8 Å². The van der Waals surface area contributed by atoms with Gasteiger partial charge in [-0.2, -0.15) is 0 Å². The minimum absolute atomic E-state index is 0.280. The molecular weight excluding hydrogens is 204 g/mol. The van der Waals surface area contributed by atoms with E-state index < -0.39 is 0 Å². The van der Waals surface area contributed by atoms with Crippen molar-refractivity contribution in [3.8, 4) is 0 Å². The fourth-order valence-corrected chi connectivity index (χ4v) is 2.11. The summed E-state index contributed by atoms with van der Waals surface area (Å²) in [6.45, 7) is 7.64. The molecule has 0 aliphatic carbocycles. The van der Waals surface area contributed by atoms with Crippen molar-refractivity contribution in [2.75, 3.05) is 33.3 Å². The summed E-state index contributed by atoms with van der Waals surface area (Å²) in [5, 5.41) is 13.1. The van der Waals surface area contributed by atoms with Crippen LogP contribution in [0.3, 0.4) is 0 Å². The van der Waals surface area contributed by atoms with Crippen LogP contribution in [0.25, 0.3) is 0 Å². The topological polar surface area (TPSA) is 44.7 Å². The summed E-state index contributed by atoms with van der Waals surface area (Å²) in [5.74, 6) is 0. The number of methoxy groups -OCH3 is 1. The summed E-state index contributed by atoms with van der Waals surface area (Å²) in [6, 6.07) is 0.433. The maximum atomic E-state index is 9.86. The number of ether oxygens (including phenoxy) is 1. The maximum Gasteiger partial charge on any atom is 0.0791 e. The van der Waals surface area contributed by atoms with Crippen LogP contribution in [0.15, 0.2) is 0 Å². The van der Waals surface area contributed by atoms with Gasteiger partial charge in [0.05, 0.1) is 12.2 Å². The Morgan fingerprint density at radius 3 is 2.88 bits per heavy atom. The van der Waals surface area contributed by atoms with Crippen LogP contribution in [-0.4, -0.2) is 61.5 Å². The number of likely N-dealkylation sites (tertiary alicyclic amines) is 1. The van der Waals surface area contributed by atoms with E-state index in [1.54, 1.807) is 7.11 Å². The van der Waals surface area contributed by atoms with E-state index in [0.717, 1.165) is 26.1 Å². The molecule has 1 rings (SSSR count). The standard InChI is InChI=1S/C12H26N2O2/c1-10(2)13-7-11(15)8-14-6-4-5-12(9-14)16-3/h10-13,15H,4-9H2,1-3H3. The third kappa shape index (κ3) is 5.25. The Balaban J connectivity index is 2.19. The largest absolute Gasteiger partial charge is 0.390 e. The number of hydrogen-bond acceptors (Lipinski definition) is 4. The molecule has 0 aromatic carbocycles. The van der Waals surface area contributed by atoms with E-state index in [1.165, 1.54) is 6.42 Å². The predicted molar refractivity (Wildman–Crippen MR) is 65.6 cm³/mol. The first-order chi connectivity index (χ1) is 7.61. The molecule has 1 heterocycles. The Morgan fingerprint density at radius 1 is 1.50 bits per heavy atom. The Hall–Kier alpha value is -0.160. The molecule has 96 valence electrons. The van der Waals surface area contributed by atoms with E-state index in [1.807, 2.05) is 0 Å². The molecule has 1 aliphatic heterocycles. The molecule has 2 atom stereocenters. The average Bonchev–Trinajstić information content (AvgIpc) is 2.26. The summed E-state index contributed by atoms with van der Waals surface area (Å²) in [7, 11) is 1.77. The molecule has 4 nitrogen and oxygen atoms in total. The third-order valence-corrected chi connectivity index (χ3v) is 3.03. The third-order valence-electron chi connectivity index (χ3n) is 3.03. The molecule has 0 amide bonds. The van der Waals surface area contributed by atoms with Crippen LogP contribution in [0.2, 0.25) is 0 Å². The van der Waals surface area contributed by atoms with E-state index in [0.29, 0.717) is 18.7 Å². The highest BCUT2D eigenvalue weighted by molar-refractivity contribution is 4.76. The number of aliphatic hydroxyl groups excluding tert-OH is 1. The van der Waals surface area contributed by atoms with Crippen LogP contribution in [0.5, 0.6) is 0 Å². The van der Waals surface area contributed by atoms with Gasteiger partial charge in [0.25, 0.3) is 0 Å². The van der Waals surface area contributed by atoms with Crippen LogP contribution < -0.4 is 5.32 Å². The lowest BCUT2D eigenvalue weighted by atomic mass is 10.1. The second-order valence-corrected chi connectivity index (χ2v) is 4.98. The molecule has 0 spiro atoms. The van der Waals surface area contributed by atoms with Gasteiger partial charge in [-0.3, -0.25) is 4.90 Å². The normalized spacial score (nSPS) is 24.9. The summed E-state index contributed by atoms with van der Waals surface area (Å²) in [6.07, 6.45) is 2.38. The summed E-state index contributed by atoms with van der Waals surface area (Å²) < 4.78 is 5.36. The number of piperidine rings is 1. The average molecular weight is 230 g/mol. The quantitative estimate of drug-likeness (QED) is 0.696. The summed E-state index contributed by atoms with van der Waals surface area (Å²) in [4.78, 5) is 2.30. The first kappa shape index (κ1) is 13.9. The van der Waals surface area contributed by atoms with Crippen LogP contribution in [0.4, 0.5) is 0 Å².